The van der Waals surface area contributed by atoms with E-state index in [2.05, 4.69) is 11.2 Å². The zero-order chi connectivity index (χ0) is 12.7. The van der Waals surface area contributed by atoms with Crippen LogP contribution in [-0.4, -0.2) is 17.6 Å². The minimum atomic E-state index is -0.249. The van der Waals surface area contributed by atoms with Crippen molar-refractivity contribution in [2.45, 2.75) is 20.0 Å². The normalized spacial score (nSPS) is 9.47. The van der Waals surface area contributed by atoms with Crippen molar-refractivity contribution < 1.29 is 14.6 Å². The van der Waals surface area contributed by atoms with Gasteiger partial charge in [-0.25, -0.2) is 0 Å². The van der Waals surface area contributed by atoms with Gasteiger partial charge in [-0.05, 0) is 25.1 Å². The Kier molecular flexibility index (Phi) is 5.05. The maximum absolute atomic E-state index is 11.3. The Bertz CT molecular complexity index is 435. The lowest BCUT2D eigenvalue weighted by molar-refractivity contribution is -0.115. The van der Waals surface area contributed by atoms with Crippen molar-refractivity contribution >= 4 is 11.6 Å². The fourth-order valence-electron chi connectivity index (χ4n) is 1.37. The van der Waals surface area contributed by atoms with Crippen LogP contribution in [0.5, 0.6) is 5.75 Å². The first-order valence-corrected chi connectivity index (χ1v) is 5.31. The van der Waals surface area contributed by atoms with E-state index in [1.54, 1.807) is 18.2 Å². The van der Waals surface area contributed by atoms with Gasteiger partial charge in [0, 0.05) is 11.3 Å². The van der Waals surface area contributed by atoms with Gasteiger partial charge in [0.15, 0.2) is 0 Å². The van der Waals surface area contributed by atoms with E-state index in [0.29, 0.717) is 23.6 Å². The summed E-state index contributed by atoms with van der Waals surface area (Å²) < 4.78 is 5.33. The topological polar surface area (TPSA) is 58.6 Å². The number of carbonyl (C=O) groups excluding carboxylic acids is 1. The van der Waals surface area contributed by atoms with Crippen molar-refractivity contribution in [3.8, 4) is 18.1 Å². The van der Waals surface area contributed by atoms with E-state index < -0.39 is 0 Å². The van der Waals surface area contributed by atoms with Crippen molar-refractivity contribution in [1.82, 2.24) is 0 Å². The molecule has 4 nitrogen and oxygen atoms in total. The first kappa shape index (κ1) is 13.1. The number of amides is 1. The molecular formula is C13H15NO3. The van der Waals surface area contributed by atoms with Gasteiger partial charge < -0.3 is 15.2 Å². The van der Waals surface area contributed by atoms with Crippen LogP contribution in [0.15, 0.2) is 18.2 Å². The van der Waals surface area contributed by atoms with Gasteiger partial charge in [0.1, 0.15) is 5.75 Å². The number of rotatable bonds is 5. The van der Waals surface area contributed by atoms with Crippen LogP contribution in [0.2, 0.25) is 0 Å². The Labute approximate surface area is 101 Å². The van der Waals surface area contributed by atoms with Crippen LogP contribution in [0.1, 0.15) is 18.9 Å². The van der Waals surface area contributed by atoms with Crippen LogP contribution in [0.4, 0.5) is 5.69 Å². The zero-order valence-corrected chi connectivity index (χ0v) is 9.69. The van der Waals surface area contributed by atoms with E-state index in [9.17, 15) is 9.90 Å². The molecule has 1 aromatic rings. The molecule has 0 fully saturated rings. The van der Waals surface area contributed by atoms with Gasteiger partial charge in [-0.3, -0.25) is 4.79 Å². The van der Waals surface area contributed by atoms with Crippen LogP contribution in [-0.2, 0) is 11.4 Å². The zero-order valence-electron chi connectivity index (χ0n) is 9.69. The predicted molar refractivity (Wildman–Crippen MR) is 65.6 cm³/mol. The Morgan fingerprint density at radius 1 is 1.59 bits per heavy atom. The molecule has 1 rings (SSSR count). The first-order valence-electron chi connectivity index (χ1n) is 5.31. The Morgan fingerprint density at radius 2 is 2.35 bits per heavy atom. The van der Waals surface area contributed by atoms with Gasteiger partial charge >= 0.3 is 0 Å². The van der Waals surface area contributed by atoms with Crippen molar-refractivity contribution in [3.05, 3.63) is 23.8 Å². The number of ether oxygens (including phenoxy) is 1. The Morgan fingerprint density at radius 3 is 2.94 bits per heavy atom. The molecule has 90 valence electrons. The highest BCUT2D eigenvalue weighted by atomic mass is 16.5. The molecule has 0 aliphatic rings. The third kappa shape index (κ3) is 3.82. The molecule has 0 radical (unpaired) electrons. The monoisotopic (exact) mass is 233 g/mol. The van der Waals surface area contributed by atoms with Crippen LogP contribution in [0.25, 0.3) is 0 Å². The molecular weight excluding hydrogens is 218 g/mol. The molecule has 0 aromatic heterocycles. The number of anilines is 1. The molecule has 0 bridgehead atoms. The quantitative estimate of drug-likeness (QED) is 0.758. The molecule has 0 spiro atoms. The van der Waals surface area contributed by atoms with Gasteiger partial charge in [-0.15, -0.1) is 6.42 Å². The summed E-state index contributed by atoms with van der Waals surface area (Å²) in [6.07, 6.45) is 5.06. The molecule has 0 saturated heterocycles. The second-order valence-electron chi connectivity index (χ2n) is 3.34. The molecule has 2 N–H and O–H groups in total. The average Bonchev–Trinajstić information content (AvgIpc) is 2.31. The lowest BCUT2D eigenvalue weighted by Crippen LogP contribution is -2.10. The van der Waals surface area contributed by atoms with Gasteiger partial charge in [0.2, 0.25) is 5.91 Å². The summed E-state index contributed by atoms with van der Waals surface area (Å²) in [6, 6.07) is 5.08. The van der Waals surface area contributed by atoms with Crippen LogP contribution in [0.3, 0.4) is 0 Å². The molecule has 0 saturated carbocycles. The van der Waals surface area contributed by atoms with Crippen molar-refractivity contribution in [2.75, 3.05) is 11.9 Å². The summed E-state index contributed by atoms with van der Waals surface area (Å²) in [5.74, 6) is 2.63. The average molecular weight is 233 g/mol. The first-order chi connectivity index (χ1) is 8.21. The summed E-state index contributed by atoms with van der Waals surface area (Å²) in [5.41, 5.74) is 1.23. The number of nitrogens with one attached hydrogen (secondary N) is 1. The lowest BCUT2D eigenvalue weighted by Gasteiger charge is -2.10. The van der Waals surface area contributed by atoms with E-state index in [1.165, 1.54) is 0 Å². The molecule has 4 heteroatoms. The van der Waals surface area contributed by atoms with Crippen LogP contribution >= 0.6 is 0 Å². The number of aliphatic hydroxyl groups excluding tert-OH is 1. The molecule has 0 heterocycles. The SMILES string of the molecule is C#CCC(=O)Nc1ccc(OCC)c(CO)c1. The molecule has 0 unspecified atom stereocenters. The third-order valence-corrected chi connectivity index (χ3v) is 2.08. The minimum absolute atomic E-state index is 0.0294. The van der Waals surface area contributed by atoms with E-state index in [1.807, 2.05) is 6.92 Å². The van der Waals surface area contributed by atoms with Gasteiger partial charge in [0.25, 0.3) is 0 Å². The highest BCUT2D eigenvalue weighted by molar-refractivity contribution is 5.92. The van der Waals surface area contributed by atoms with E-state index >= 15 is 0 Å². The van der Waals surface area contributed by atoms with Crippen molar-refractivity contribution in [2.24, 2.45) is 0 Å². The smallest absolute Gasteiger partial charge is 0.236 e. The second kappa shape index (κ2) is 6.56. The van der Waals surface area contributed by atoms with Gasteiger partial charge in [-0.2, -0.15) is 0 Å². The molecule has 0 aliphatic heterocycles. The van der Waals surface area contributed by atoms with Gasteiger partial charge in [-0.1, -0.05) is 5.92 Å². The number of carbonyl (C=O) groups is 1. The van der Waals surface area contributed by atoms with Gasteiger partial charge in [0.05, 0.1) is 19.6 Å². The Balaban J connectivity index is 2.82. The maximum atomic E-state index is 11.3. The van der Waals surface area contributed by atoms with Crippen molar-refractivity contribution in [1.29, 1.82) is 0 Å². The number of benzene rings is 1. The fourth-order valence-corrected chi connectivity index (χ4v) is 1.37. The third-order valence-electron chi connectivity index (χ3n) is 2.08. The number of terminal acetylenes is 1. The fraction of sp³-hybridized carbons (Fsp3) is 0.308. The van der Waals surface area contributed by atoms with Crippen LogP contribution < -0.4 is 10.1 Å². The van der Waals surface area contributed by atoms with Crippen molar-refractivity contribution in [3.63, 3.8) is 0 Å². The molecule has 1 amide bonds. The summed E-state index contributed by atoms with van der Waals surface area (Å²) in [7, 11) is 0. The standard InChI is InChI=1S/C13H15NO3/c1-3-5-13(16)14-11-6-7-12(17-4-2)10(8-11)9-15/h1,6-8,15H,4-5,9H2,2H3,(H,14,16). The largest absolute Gasteiger partial charge is 0.494 e. The highest BCUT2D eigenvalue weighted by Gasteiger charge is 2.06. The molecule has 0 aliphatic carbocycles. The number of aliphatic hydroxyl groups is 1. The summed E-state index contributed by atoms with van der Waals surface area (Å²) in [4.78, 5) is 11.3. The Hall–Kier alpha value is -1.99. The van der Waals surface area contributed by atoms with E-state index in [0.717, 1.165) is 0 Å². The number of hydrogen-bond acceptors (Lipinski definition) is 3. The second-order valence-corrected chi connectivity index (χ2v) is 3.34. The van der Waals surface area contributed by atoms with Crippen LogP contribution in [0, 0.1) is 12.3 Å². The minimum Gasteiger partial charge on any atom is -0.494 e. The summed E-state index contributed by atoms with van der Waals surface area (Å²) in [6.45, 7) is 2.24. The predicted octanol–water partition coefficient (Wildman–Crippen LogP) is 1.54. The summed E-state index contributed by atoms with van der Waals surface area (Å²) in [5, 5.41) is 11.8. The highest BCUT2D eigenvalue weighted by Crippen LogP contribution is 2.23. The molecule has 1 aromatic carbocycles. The molecule has 0 atom stereocenters. The summed E-state index contributed by atoms with van der Waals surface area (Å²) >= 11 is 0. The lowest BCUT2D eigenvalue weighted by atomic mass is 10.2. The molecule has 17 heavy (non-hydrogen) atoms. The van der Waals surface area contributed by atoms with E-state index in [-0.39, 0.29) is 18.9 Å². The maximum Gasteiger partial charge on any atom is 0.236 e. The van der Waals surface area contributed by atoms with E-state index in [4.69, 9.17) is 11.2 Å². The number of hydrogen-bond donors (Lipinski definition) is 2.